The number of nitrogens with zero attached hydrogens (tertiary/aromatic N) is 2. The van der Waals surface area contributed by atoms with E-state index in [1.54, 1.807) is 45.9 Å². The smallest absolute Gasteiger partial charge is 0.407 e. The molecule has 2 aromatic heterocycles. The highest BCUT2D eigenvalue weighted by atomic mass is 19.1. The minimum atomic E-state index is -2.06. The number of pyridine rings is 2. The minimum Gasteiger partial charge on any atom is -0.481 e. The van der Waals surface area contributed by atoms with E-state index in [4.69, 9.17) is 54.3 Å². The van der Waals surface area contributed by atoms with Gasteiger partial charge in [0.1, 0.15) is 63.2 Å². The van der Waals surface area contributed by atoms with E-state index in [1.165, 1.54) is 22.8 Å². The topological polar surface area (TPSA) is 497 Å². The largest absolute Gasteiger partial charge is 0.481 e. The molecule has 0 spiro atoms. The van der Waals surface area contributed by atoms with E-state index in [9.17, 15) is 67.7 Å². The summed E-state index contributed by atoms with van der Waals surface area (Å²) in [6, 6.07) is 2.88. The quantitative estimate of drug-likeness (QED) is 0.0115. The highest BCUT2D eigenvalue weighted by molar-refractivity contribution is 5.99. The molecule has 2 aliphatic carbocycles. The second kappa shape index (κ2) is 45.0. The molecular formula is C78H106FN13O22. The maximum absolute atomic E-state index is 15.4. The first-order chi connectivity index (χ1) is 54.8. The predicted octanol–water partition coefficient (Wildman–Crippen LogP) is 2.43. The number of primary amides is 1. The summed E-state index contributed by atoms with van der Waals surface area (Å²) in [4.78, 5) is 161. The number of cyclic esters (lactones) is 1. The summed E-state index contributed by atoms with van der Waals surface area (Å²) in [7, 11) is 0. The van der Waals surface area contributed by atoms with Crippen molar-refractivity contribution in [3.8, 4) is 23.2 Å². The summed E-state index contributed by atoms with van der Waals surface area (Å²) in [5.74, 6) is -1.23. The zero-order valence-corrected chi connectivity index (χ0v) is 64.8. The van der Waals surface area contributed by atoms with Crippen LogP contribution in [0.15, 0.2) is 41.2 Å². The van der Waals surface area contributed by atoms with Gasteiger partial charge in [-0.2, -0.15) is 0 Å². The Morgan fingerprint density at radius 2 is 1.44 bits per heavy atom. The van der Waals surface area contributed by atoms with Crippen LogP contribution in [-0.2, 0) is 113 Å². The third-order valence-corrected chi connectivity index (χ3v) is 19.7. The van der Waals surface area contributed by atoms with E-state index in [2.05, 4.69) is 59.7 Å². The molecule has 10 amide bonds. The lowest BCUT2D eigenvalue weighted by Crippen LogP contribution is -2.58. The number of ether oxygens (including phenoxy) is 8. The van der Waals surface area contributed by atoms with Gasteiger partial charge in [-0.05, 0) is 130 Å². The molecule has 36 heteroatoms. The van der Waals surface area contributed by atoms with Gasteiger partial charge in [-0.1, -0.05) is 45.2 Å². The molecule has 0 fully saturated rings. The van der Waals surface area contributed by atoms with Crippen molar-refractivity contribution in [1.29, 1.82) is 0 Å². The normalized spacial score (nSPS) is 16.9. The molecule has 1 unspecified atom stereocenters. The molecule has 2 aliphatic heterocycles. The van der Waals surface area contributed by atoms with E-state index < -0.39 is 126 Å². The number of nitrogens with two attached hydrogens (primary N) is 2. The Hall–Kier alpha value is -10.3. The van der Waals surface area contributed by atoms with Crippen LogP contribution in [0.2, 0.25) is 0 Å². The number of amides is 10. The number of aromatic nitrogens is 2. The number of aliphatic carboxylic acids is 1. The highest BCUT2D eigenvalue weighted by Crippen LogP contribution is 2.46. The van der Waals surface area contributed by atoms with Crippen molar-refractivity contribution in [1.82, 2.24) is 52.1 Å². The molecule has 0 radical (unpaired) electrons. The summed E-state index contributed by atoms with van der Waals surface area (Å²) in [6.45, 7) is 7.54. The monoisotopic (exact) mass is 1600 g/mol. The molecule has 4 aromatic rings. The van der Waals surface area contributed by atoms with Crippen LogP contribution < -0.4 is 64.9 Å². The number of rotatable bonds is 47. The molecule has 15 N–H and O–H groups in total. The summed E-state index contributed by atoms with van der Waals surface area (Å²) < 4.78 is 60.7. The molecule has 7 atom stereocenters. The number of anilines is 1. The van der Waals surface area contributed by atoms with Gasteiger partial charge in [0.25, 0.3) is 5.56 Å². The van der Waals surface area contributed by atoms with Gasteiger partial charge in [0, 0.05) is 67.2 Å². The maximum Gasteiger partial charge on any atom is 0.407 e. The van der Waals surface area contributed by atoms with E-state index in [0.29, 0.717) is 102 Å². The van der Waals surface area contributed by atoms with Crippen molar-refractivity contribution in [2.45, 2.75) is 192 Å². The van der Waals surface area contributed by atoms with Crippen LogP contribution in [0.25, 0.3) is 22.3 Å². The van der Waals surface area contributed by atoms with Gasteiger partial charge in [0.2, 0.25) is 41.4 Å². The standard InChI is InChI=1S/C78H106FN13O22/c1-5-78(106)54-38-61-69-52(40-92(61)74(102)53(54)42-113-75(78)103)67-57(23-22-51-47(4)55(79)39-60(89-69)66(51)67)87-64(95)43-111-45-85-70(98)56(80)16-11-12-27-84-77(105)114-41-48-18-20-49(21-19-48)86-71(99)58(17-13-28-83-76(81)104)90-73(101)68(46(2)3)91-72(100)59(24-25-65(96)97)88-62(93)26-30-107-32-34-109-36-37-110-35-33-108-31-29-82-63(94)44-112-50-14-9-7-6-8-10-15-50/h18-21,38-39,46,50,56-59,68,106H,5-9,11-14,16-17,22-37,40-45,80H2,1-4H3,(H,82,94)(H,84,105)(H,85,98)(H,86,99)(H,87,95)(H,88,93)(H,90,101)(H,91,100)(H,96,97)(H3,81,83,104)/t50?,56-,57-,58-,59-,68-,78-/m0/s1. The number of carboxylic acids is 1. The molecule has 4 heterocycles. The van der Waals surface area contributed by atoms with Crippen molar-refractivity contribution >= 4 is 82.0 Å². The second-order valence-electron chi connectivity index (χ2n) is 28.3. The number of carbonyl (C=O) groups excluding carboxylic acids is 10. The summed E-state index contributed by atoms with van der Waals surface area (Å²) in [5, 5.41) is 45.5. The van der Waals surface area contributed by atoms with Gasteiger partial charge < -0.3 is 112 Å². The lowest BCUT2D eigenvalue weighted by atomic mass is 9.81. The Morgan fingerprint density at radius 3 is 2.15 bits per heavy atom. The number of halogens is 1. The minimum absolute atomic E-state index is 0.00874. The van der Waals surface area contributed by atoms with Gasteiger partial charge in [0.05, 0.1) is 94.0 Å². The molecular weight excluding hydrogens is 1490 g/mol. The number of carboxylic acid groups (broad SMARTS) is 1. The number of esters is 1. The number of aryl methyl sites for hydroxylation is 1. The zero-order valence-electron chi connectivity index (χ0n) is 64.8. The Balaban J connectivity index is 0.693. The Morgan fingerprint density at radius 1 is 0.728 bits per heavy atom. The van der Waals surface area contributed by atoms with Crippen LogP contribution in [0.5, 0.6) is 0 Å². The lowest BCUT2D eigenvalue weighted by Gasteiger charge is -2.31. The van der Waals surface area contributed by atoms with Crippen LogP contribution >= 0.6 is 0 Å². The van der Waals surface area contributed by atoms with E-state index >= 15 is 4.39 Å². The molecule has 35 nitrogen and oxygen atoms in total. The Kier molecular flexibility index (Phi) is 35.2. The number of fused-ring (bicyclic) bond motifs is 5. The van der Waals surface area contributed by atoms with Gasteiger partial charge in [-0.25, -0.2) is 23.8 Å². The first-order valence-corrected chi connectivity index (χ1v) is 38.6. The van der Waals surface area contributed by atoms with Crippen molar-refractivity contribution < 1.29 is 105 Å². The number of alkyl carbamates (subject to hydrolysis) is 1. The number of nitrogens with one attached hydrogen (secondary N) is 9. The molecule has 622 valence electrons. The Bertz CT molecular complexity index is 4190. The molecule has 0 bridgehead atoms. The number of urea groups is 1. The Labute approximate surface area is 658 Å². The van der Waals surface area contributed by atoms with Crippen molar-refractivity contribution in [3.05, 3.63) is 91.5 Å². The third-order valence-electron chi connectivity index (χ3n) is 19.7. The first kappa shape index (κ1) is 89.3. The molecule has 4 aliphatic rings. The van der Waals surface area contributed by atoms with E-state index in [1.807, 2.05) is 0 Å². The predicted molar refractivity (Wildman–Crippen MR) is 408 cm³/mol. The highest BCUT2D eigenvalue weighted by Gasteiger charge is 2.46. The average Bonchev–Trinajstić information content (AvgIpc) is 1.46. The average molecular weight is 1600 g/mol. The molecule has 8 rings (SSSR count). The molecule has 114 heavy (non-hydrogen) atoms. The van der Waals surface area contributed by atoms with Crippen LogP contribution in [0.1, 0.15) is 162 Å². The maximum atomic E-state index is 15.4. The summed E-state index contributed by atoms with van der Waals surface area (Å²) >= 11 is 0. The number of benzene rings is 2. The van der Waals surface area contributed by atoms with Crippen molar-refractivity contribution in [3.63, 3.8) is 0 Å². The zero-order chi connectivity index (χ0) is 82.3. The summed E-state index contributed by atoms with van der Waals surface area (Å²) in [5.41, 5.74) is 13.4. The van der Waals surface area contributed by atoms with Crippen LogP contribution in [-0.4, -0.2) is 208 Å². The van der Waals surface area contributed by atoms with Gasteiger partial charge >= 0.3 is 24.1 Å². The number of hydrogen-bond donors (Lipinski definition) is 13. The van der Waals surface area contributed by atoms with Crippen LogP contribution in [0.4, 0.5) is 19.7 Å². The molecule has 0 saturated carbocycles. The van der Waals surface area contributed by atoms with E-state index in [0.717, 1.165) is 37.7 Å². The first-order valence-electron chi connectivity index (χ1n) is 38.6. The number of hydrogen-bond acceptors (Lipinski definition) is 23. The molecule has 2 aromatic carbocycles. The van der Waals surface area contributed by atoms with E-state index in [-0.39, 0.29) is 141 Å². The van der Waals surface area contributed by atoms with Crippen molar-refractivity contribution in [2.75, 3.05) is 97.8 Å². The fourth-order valence-corrected chi connectivity index (χ4v) is 13.4. The molecule has 0 saturated heterocycles. The number of carbonyl (C=O) groups is 11. The lowest BCUT2D eigenvalue weighted by molar-refractivity contribution is -0.172. The second-order valence-corrected chi connectivity index (χ2v) is 28.3. The number of aliphatic hydroxyl groups is 1. The van der Waals surface area contributed by atoms with Crippen LogP contribution in [0.3, 0.4) is 0 Å². The SMILES string of the molecule is CC[C@@]1(O)C(=O)OCc2c1cc1n(c2=O)Cc2c-1nc1cc(F)c(C)c3c1c2[C@@H](NC(=O)COCNC(=O)[C@@H](N)CCCCNC(=O)OCc1ccc(NC(=O)[C@H](CCCNC(N)=O)NC(=O)[C@@H](NC(=O)[C@H](CCC(=O)O)NC(=O)CCOCCOCCOCCOCCNC(=O)COC2C#CCCCCC2)C(C)C)cc1)CC3. The van der Waals surface area contributed by atoms with Gasteiger partial charge in [-0.3, -0.25) is 43.2 Å². The number of unbranched alkanes of at least 4 members (excludes halogenated alkanes) is 1. The van der Waals surface area contributed by atoms with Crippen molar-refractivity contribution in [2.24, 2.45) is 17.4 Å². The fourth-order valence-electron chi connectivity index (χ4n) is 13.4. The fraction of sp³-hybridized carbons (Fsp3) is 0.577. The summed E-state index contributed by atoms with van der Waals surface area (Å²) in [6.07, 6.45) is 4.92. The van der Waals surface area contributed by atoms with Gasteiger partial charge in [0.15, 0.2) is 5.60 Å². The van der Waals surface area contributed by atoms with Crippen LogP contribution in [0, 0.1) is 30.5 Å². The third kappa shape index (κ3) is 26.4. The van der Waals surface area contributed by atoms with Gasteiger partial charge in [-0.15, -0.1) is 5.92 Å².